The molecule has 0 spiro atoms. The fraction of sp³-hybridized carbons (Fsp3) is 0.444. The summed E-state index contributed by atoms with van der Waals surface area (Å²) in [4.78, 5) is 11.3. The van der Waals surface area contributed by atoms with Gasteiger partial charge in [-0.2, -0.15) is 0 Å². The Hall–Kier alpha value is -0.890. The highest BCUT2D eigenvalue weighted by molar-refractivity contribution is 6.11. The fourth-order valence-corrected chi connectivity index (χ4v) is 1.05. The molecule has 0 radical (unpaired) electrons. The van der Waals surface area contributed by atoms with Crippen LogP contribution in [0.5, 0.6) is 0 Å². The average molecular weight is 152 g/mol. The van der Waals surface area contributed by atoms with E-state index in [2.05, 4.69) is 0 Å². The molecule has 1 aliphatic carbocycles. The molecule has 1 aliphatic rings. The molecule has 0 fully saturated rings. The van der Waals surface area contributed by atoms with Crippen LogP contribution in [0.25, 0.3) is 0 Å². The number of allylic oxidation sites excluding steroid dienone is 3. The van der Waals surface area contributed by atoms with Crippen LogP contribution in [0.4, 0.5) is 0 Å². The van der Waals surface area contributed by atoms with Crippen molar-refractivity contribution in [2.24, 2.45) is 0 Å². The molecule has 0 saturated heterocycles. The Balaban J connectivity index is 2.92. The molecular formula is C9H12O2. The van der Waals surface area contributed by atoms with Gasteiger partial charge in [-0.25, -0.2) is 0 Å². The summed E-state index contributed by atoms with van der Waals surface area (Å²) in [6.45, 7) is 4.98. The maximum atomic E-state index is 11.3. The van der Waals surface area contributed by atoms with Gasteiger partial charge >= 0.3 is 0 Å². The lowest BCUT2D eigenvalue weighted by Gasteiger charge is -2.17. The second-order valence-electron chi connectivity index (χ2n) is 3.32. The molecule has 0 unspecified atom stereocenters. The minimum Gasteiger partial charge on any atom is -0.386 e. The van der Waals surface area contributed by atoms with E-state index in [0.717, 1.165) is 0 Å². The first-order valence-electron chi connectivity index (χ1n) is 3.59. The zero-order valence-corrected chi connectivity index (χ0v) is 7.01. The normalized spacial score (nSPS) is 18.4. The first-order chi connectivity index (χ1) is 4.93. The van der Waals surface area contributed by atoms with Crippen molar-refractivity contribution in [2.45, 2.75) is 26.4 Å². The number of carbonyl (C=O) groups is 1. The third-order valence-corrected chi connectivity index (χ3v) is 1.76. The third kappa shape index (κ3) is 1.40. The third-order valence-electron chi connectivity index (χ3n) is 1.76. The smallest absolute Gasteiger partial charge is 0.187 e. The lowest BCUT2D eigenvalue weighted by molar-refractivity contribution is -0.113. The van der Waals surface area contributed by atoms with E-state index in [-0.39, 0.29) is 5.78 Å². The van der Waals surface area contributed by atoms with Gasteiger partial charge in [-0.05, 0) is 26.3 Å². The standard InChI is InChI=1S/C9H12O2/c1-6-4-5-7(8(6)10)9(2,3)11/h4-5,11H,1-3H3. The van der Waals surface area contributed by atoms with Gasteiger partial charge in [0.05, 0.1) is 5.60 Å². The van der Waals surface area contributed by atoms with Crippen molar-refractivity contribution in [1.82, 2.24) is 0 Å². The largest absolute Gasteiger partial charge is 0.386 e. The minimum atomic E-state index is -1.01. The van der Waals surface area contributed by atoms with Crippen LogP contribution in [0.15, 0.2) is 23.3 Å². The van der Waals surface area contributed by atoms with Crippen LogP contribution >= 0.6 is 0 Å². The zero-order chi connectivity index (χ0) is 8.65. The number of Topliss-reactive ketones (excluding diaryl/α,β-unsaturated/α-hetero) is 1. The molecule has 0 aliphatic heterocycles. The maximum Gasteiger partial charge on any atom is 0.187 e. The first-order valence-corrected chi connectivity index (χ1v) is 3.59. The Kier molecular flexibility index (Phi) is 1.72. The van der Waals surface area contributed by atoms with Crippen LogP contribution in [0.2, 0.25) is 0 Å². The van der Waals surface area contributed by atoms with Gasteiger partial charge < -0.3 is 5.11 Å². The number of carbonyl (C=O) groups excluding carboxylic acids is 1. The van der Waals surface area contributed by atoms with Gasteiger partial charge in [0.25, 0.3) is 0 Å². The molecular weight excluding hydrogens is 140 g/mol. The molecule has 11 heavy (non-hydrogen) atoms. The first kappa shape index (κ1) is 8.21. The molecule has 2 heteroatoms. The van der Waals surface area contributed by atoms with Crippen molar-refractivity contribution < 1.29 is 9.90 Å². The van der Waals surface area contributed by atoms with Gasteiger partial charge in [0, 0.05) is 5.57 Å². The molecule has 0 aromatic carbocycles. The van der Waals surface area contributed by atoms with Crippen LogP contribution < -0.4 is 0 Å². The zero-order valence-electron chi connectivity index (χ0n) is 7.01. The Morgan fingerprint density at radius 3 is 2.09 bits per heavy atom. The summed E-state index contributed by atoms with van der Waals surface area (Å²) in [6.07, 6.45) is 3.41. The van der Waals surface area contributed by atoms with E-state index in [9.17, 15) is 9.90 Å². The van der Waals surface area contributed by atoms with Crippen LogP contribution in [-0.4, -0.2) is 16.5 Å². The van der Waals surface area contributed by atoms with Crippen molar-refractivity contribution >= 4 is 5.78 Å². The summed E-state index contributed by atoms with van der Waals surface area (Å²) in [5.41, 5.74) is 0.169. The Labute approximate surface area is 66.2 Å². The van der Waals surface area contributed by atoms with Gasteiger partial charge in [0.15, 0.2) is 5.78 Å². The van der Waals surface area contributed by atoms with E-state index in [1.807, 2.05) is 0 Å². The summed E-state index contributed by atoms with van der Waals surface area (Å²) < 4.78 is 0. The van der Waals surface area contributed by atoms with Gasteiger partial charge in [0.1, 0.15) is 0 Å². The number of rotatable bonds is 1. The molecule has 0 atom stereocenters. The molecule has 1 N–H and O–H groups in total. The van der Waals surface area contributed by atoms with Gasteiger partial charge in [-0.3, -0.25) is 4.79 Å². The molecule has 1 rings (SSSR count). The molecule has 0 aromatic heterocycles. The quantitative estimate of drug-likeness (QED) is 0.613. The van der Waals surface area contributed by atoms with E-state index < -0.39 is 5.60 Å². The fourth-order valence-electron chi connectivity index (χ4n) is 1.05. The molecule has 2 nitrogen and oxygen atoms in total. The SMILES string of the molecule is CC1=CC=C(C(C)(C)O)C1=O. The second-order valence-corrected chi connectivity index (χ2v) is 3.32. The van der Waals surface area contributed by atoms with Crippen molar-refractivity contribution in [3.63, 3.8) is 0 Å². The summed E-state index contributed by atoms with van der Waals surface area (Å²) in [5, 5.41) is 9.48. The van der Waals surface area contributed by atoms with Crippen LogP contribution in [0.1, 0.15) is 20.8 Å². The lowest BCUT2D eigenvalue weighted by Crippen LogP contribution is -2.26. The lowest BCUT2D eigenvalue weighted by atomic mass is 9.95. The van der Waals surface area contributed by atoms with Crippen LogP contribution in [0, 0.1) is 0 Å². The molecule has 0 bridgehead atoms. The van der Waals surface area contributed by atoms with E-state index in [4.69, 9.17) is 0 Å². The predicted octanol–water partition coefficient (Wildman–Crippen LogP) is 1.21. The van der Waals surface area contributed by atoms with Crippen molar-refractivity contribution in [3.05, 3.63) is 23.3 Å². The molecule has 0 saturated carbocycles. The molecule has 0 aromatic rings. The van der Waals surface area contributed by atoms with E-state index in [1.54, 1.807) is 32.9 Å². The van der Waals surface area contributed by atoms with E-state index in [0.29, 0.717) is 11.1 Å². The topological polar surface area (TPSA) is 37.3 Å². The monoisotopic (exact) mass is 152 g/mol. The van der Waals surface area contributed by atoms with Gasteiger partial charge in [0.2, 0.25) is 0 Å². The Bertz CT molecular complexity index is 251. The number of ketones is 1. The summed E-state index contributed by atoms with van der Waals surface area (Å²) in [6, 6.07) is 0. The highest BCUT2D eigenvalue weighted by atomic mass is 16.3. The number of hydrogen-bond acceptors (Lipinski definition) is 2. The van der Waals surface area contributed by atoms with E-state index >= 15 is 0 Å². The van der Waals surface area contributed by atoms with Crippen molar-refractivity contribution in [2.75, 3.05) is 0 Å². The molecule has 0 amide bonds. The maximum absolute atomic E-state index is 11.3. The Morgan fingerprint density at radius 1 is 1.36 bits per heavy atom. The highest BCUT2D eigenvalue weighted by Crippen LogP contribution is 2.24. The number of hydrogen-bond donors (Lipinski definition) is 1. The van der Waals surface area contributed by atoms with Crippen molar-refractivity contribution in [3.8, 4) is 0 Å². The molecule has 0 heterocycles. The second kappa shape index (κ2) is 2.31. The summed E-state index contributed by atoms with van der Waals surface area (Å²) in [7, 11) is 0. The van der Waals surface area contributed by atoms with Crippen molar-refractivity contribution in [1.29, 1.82) is 0 Å². The van der Waals surface area contributed by atoms with Gasteiger partial charge in [-0.1, -0.05) is 12.2 Å². The summed E-state index contributed by atoms with van der Waals surface area (Å²) in [5.74, 6) is -0.0440. The van der Waals surface area contributed by atoms with Gasteiger partial charge in [-0.15, -0.1) is 0 Å². The summed E-state index contributed by atoms with van der Waals surface area (Å²) >= 11 is 0. The van der Waals surface area contributed by atoms with E-state index in [1.165, 1.54) is 0 Å². The predicted molar refractivity (Wildman–Crippen MR) is 43.1 cm³/mol. The highest BCUT2D eigenvalue weighted by Gasteiger charge is 2.28. The number of aliphatic hydroxyl groups is 1. The van der Waals surface area contributed by atoms with Crippen LogP contribution in [-0.2, 0) is 4.79 Å². The Morgan fingerprint density at radius 2 is 1.91 bits per heavy atom. The average Bonchev–Trinajstić information content (AvgIpc) is 2.11. The van der Waals surface area contributed by atoms with Crippen LogP contribution in [0.3, 0.4) is 0 Å². The minimum absolute atomic E-state index is 0.0440. The molecule has 60 valence electrons.